The van der Waals surface area contributed by atoms with Crippen LogP contribution in [0.3, 0.4) is 0 Å². The van der Waals surface area contributed by atoms with Gasteiger partial charge in [0.05, 0.1) is 30.0 Å². The molecule has 0 bridgehead atoms. The van der Waals surface area contributed by atoms with Crippen LogP contribution < -0.4 is 4.90 Å². The summed E-state index contributed by atoms with van der Waals surface area (Å²) in [6, 6.07) is 2.83. The van der Waals surface area contributed by atoms with Gasteiger partial charge in [0, 0.05) is 12.1 Å². The minimum absolute atomic E-state index is 0.0359. The maximum absolute atomic E-state index is 12.7. The predicted octanol–water partition coefficient (Wildman–Crippen LogP) is 3.19. The van der Waals surface area contributed by atoms with Gasteiger partial charge in [0.1, 0.15) is 11.4 Å². The summed E-state index contributed by atoms with van der Waals surface area (Å²) in [5.74, 6) is -0.0829. The van der Waals surface area contributed by atoms with Crippen LogP contribution in [0.4, 0.5) is 19.1 Å². The fourth-order valence-corrected chi connectivity index (χ4v) is 2.85. The van der Waals surface area contributed by atoms with Crippen LogP contribution in [0.2, 0.25) is 0 Å². The van der Waals surface area contributed by atoms with E-state index in [1.54, 1.807) is 6.92 Å². The van der Waals surface area contributed by atoms with Crippen molar-refractivity contribution in [2.45, 2.75) is 39.1 Å². The molecule has 1 aromatic heterocycles. The molecule has 1 N–H and O–H groups in total. The second kappa shape index (κ2) is 6.71. The predicted molar refractivity (Wildman–Crippen MR) is 88.9 cm³/mol. The maximum atomic E-state index is 12.7. The molecular formula is C17H19F3N4O2. The molecule has 140 valence electrons. The van der Waals surface area contributed by atoms with Crippen LogP contribution in [0.15, 0.2) is 18.2 Å². The summed E-state index contributed by atoms with van der Waals surface area (Å²) < 4.78 is 43.8. The average molecular weight is 368 g/mol. The number of aromatic nitrogens is 3. The first-order chi connectivity index (χ1) is 12.2. The molecule has 0 unspecified atom stereocenters. The number of aryl methyl sites for hydroxylation is 1. The number of hydrogen-bond donors (Lipinski definition) is 1. The number of alkyl halides is 3. The fraction of sp³-hybridized carbons (Fsp3) is 0.471. The summed E-state index contributed by atoms with van der Waals surface area (Å²) >= 11 is 0. The Bertz CT molecular complexity index is 813. The molecule has 0 saturated carbocycles. The van der Waals surface area contributed by atoms with E-state index in [-0.39, 0.29) is 23.4 Å². The Hall–Kier alpha value is -2.42. The lowest BCUT2D eigenvalue weighted by Crippen LogP contribution is -2.48. The number of phenols is 1. The normalized spacial score (nSPS) is 21.1. The highest BCUT2D eigenvalue weighted by molar-refractivity contribution is 5.69. The standard InChI is InChI=1S/C17H19F3N4O2/c1-9-8-26-10(2)7-24(9)16-21-11(3)15(22-23-16)13-5-4-12(6-14(13)25)17(18,19)20/h4-6,9-10,25H,7-8H2,1-3H3/t9-,10+/m1/s1. The van der Waals surface area contributed by atoms with Crippen molar-refractivity contribution in [1.82, 2.24) is 15.2 Å². The molecule has 0 aliphatic carbocycles. The third-order valence-electron chi connectivity index (χ3n) is 4.29. The lowest BCUT2D eigenvalue weighted by Gasteiger charge is -2.36. The van der Waals surface area contributed by atoms with Crippen molar-refractivity contribution in [3.63, 3.8) is 0 Å². The van der Waals surface area contributed by atoms with Crippen LogP contribution in [-0.4, -0.2) is 45.6 Å². The molecule has 2 aromatic rings. The van der Waals surface area contributed by atoms with Crippen LogP contribution in [0.25, 0.3) is 11.3 Å². The van der Waals surface area contributed by atoms with Crippen molar-refractivity contribution in [1.29, 1.82) is 0 Å². The van der Waals surface area contributed by atoms with Gasteiger partial charge in [0.15, 0.2) is 0 Å². The molecule has 0 spiro atoms. The van der Waals surface area contributed by atoms with Gasteiger partial charge in [-0.3, -0.25) is 0 Å². The minimum Gasteiger partial charge on any atom is -0.507 e. The zero-order chi connectivity index (χ0) is 19.1. The summed E-state index contributed by atoms with van der Waals surface area (Å²) in [4.78, 5) is 6.41. The molecule has 26 heavy (non-hydrogen) atoms. The molecule has 0 amide bonds. The quantitative estimate of drug-likeness (QED) is 0.878. The van der Waals surface area contributed by atoms with E-state index in [9.17, 15) is 18.3 Å². The van der Waals surface area contributed by atoms with Crippen molar-refractivity contribution in [2.75, 3.05) is 18.1 Å². The van der Waals surface area contributed by atoms with Crippen molar-refractivity contribution in [3.05, 3.63) is 29.5 Å². The van der Waals surface area contributed by atoms with Gasteiger partial charge < -0.3 is 14.7 Å². The van der Waals surface area contributed by atoms with Gasteiger partial charge in [-0.05, 0) is 39.0 Å². The molecule has 0 radical (unpaired) electrons. The van der Waals surface area contributed by atoms with E-state index < -0.39 is 17.5 Å². The van der Waals surface area contributed by atoms with Crippen molar-refractivity contribution in [3.8, 4) is 17.0 Å². The smallest absolute Gasteiger partial charge is 0.416 e. The van der Waals surface area contributed by atoms with Gasteiger partial charge in [-0.2, -0.15) is 13.2 Å². The molecule has 1 aromatic carbocycles. The first-order valence-electron chi connectivity index (χ1n) is 8.17. The van der Waals surface area contributed by atoms with Crippen LogP contribution in [-0.2, 0) is 10.9 Å². The minimum atomic E-state index is -4.53. The number of anilines is 1. The number of rotatable bonds is 2. The first-order valence-corrected chi connectivity index (χ1v) is 8.17. The summed E-state index contributed by atoms with van der Waals surface area (Å²) in [6.07, 6.45) is -4.49. The molecule has 6 nitrogen and oxygen atoms in total. The lowest BCUT2D eigenvalue weighted by atomic mass is 10.1. The Labute approximate surface area is 148 Å². The van der Waals surface area contributed by atoms with E-state index in [2.05, 4.69) is 15.2 Å². The zero-order valence-electron chi connectivity index (χ0n) is 14.6. The highest BCUT2D eigenvalue weighted by Crippen LogP contribution is 2.36. The van der Waals surface area contributed by atoms with Crippen LogP contribution >= 0.6 is 0 Å². The molecule has 1 aliphatic rings. The molecule has 2 atom stereocenters. The third kappa shape index (κ3) is 3.57. The Morgan fingerprint density at radius 3 is 2.58 bits per heavy atom. The summed E-state index contributed by atoms with van der Waals surface area (Å²) in [5, 5.41) is 18.2. The number of hydrogen-bond acceptors (Lipinski definition) is 6. The summed E-state index contributed by atoms with van der Waals surface area (Å²) in [5.41, 5.74) is -0.0548. The first kappa shape index (κ1) is 18.4. The number of halogens is 3. The number of benzene rings is 1. The van der Waals surface area contributed by atoms with E-state index in [1.807, 2.05) is 18.7 Å². The zero-order valence-corrected chi connectivity index (χ0v) is 14.6. The van der Waals surface area contributed by atoms with Crippen LogP contribution in [0.5, 0.6) is 5.75 Å². The molecular weight excluding hydrogens is 349 g/mol. The maximum Gasteiger partial charge on any atom is 0.416 e. The third-order valence-corrected chi connectivity index (χ3v) is 4.29. The van der Waals surface area contributed by atoms with Gasteiger partial charge in [-0.15, -0.1) is 10.2 Å². The Morgan fingerprint density at radius 2 is 1.96 bits per heavy atom. The summed E-state index contributed by atoms with van der Waals surface area (Å²) in [6.45, 7) is 6.78. The number of ether oxygens (including phenoxy) is 1. The molecule has 2 heterocycles. The van der Waals surface area contributed by atoms with Crippen LogP contribution in [0, 0.1) is 6.92 Å². The molecule has 9 heteroatoms. The molecule has 1 saturated heterocycles. The summed E-state index contributed by atoms with van der Waals surface area (Å²) in [7, 11) is 0. The molecule has 3 rings (SSSR count). The molecule has 1 aliphatic heterocycles. The van der Waals surface area contributed by atoms with E-state index in [4.69, 9.17) is 4.74 Å². The van der Waals surface area contributed by atoms with Crippen molar-refractivity contribution < 1.29 is 23.0 Å². The number of phenolic OH excluding ortho intramolecular Hbond substituents is 1. The van der Waals surface area contributed by atoms with E-state index in [1.165, 1.54) is 6.07 Å². The fourth-order valence-electron chi connectivity index (χ4n) is 2.85. The Morgan fingerprint density at radius 1 is 1.23 bits per heavy atom. The largest absolute Gasteiger partial charge is 0.507 e. The SMILES string of the molecule is Cc1nc(N2C[C@H](C)OC[C@H]2C)nnc1-c1ccc(C(F)(F)F)cc1O. The topological polar surface area (TPSA) is 71.4 Å². The van der Waals surface area contributed by atoms with Gasteiger partial charge in [0.25, 0.3) is 0 Å². The monoisotopic (exact) mass is 368 g/mol. The van der Waals surface area contributed by atoms with E-state index >= 15 is 0 Å². The van der Waals surface area contributed by atoms with E-state index in [0.717, 1.165) is 6.07 Å². The van der Waals surface area contributed by atoms with E-state index in [0.29, 0.717) is 30.9 Å². The van der Waals surface area contributed by atoms with Crippen LogP contribution in [0.1, 0.15) is 25.1 Å². The Balaban J connectivity index is 1.93. The van der Waals surface area contributed by atoms with Gasteiger partial charge >= 0.3 is 6.18 Å². The molecule has 1 fully saturated rings. The lowest BCUT2D eigenvalue weighted by molar-refractivity contribution is -0.137. The number of aromatic hydroxyl groups is 1. The second-order valence-corrected chi connectivity index (χ2v) is 6.42. The van der Waals surface area contributed by atoms with Gasteiger partial charge in [0.2, 0.25) is 5.95 Å². The Kier molecular flexibility index (Phi) is 4.74. The number of morpholine rings is 1. The van der Waals surface area contributed by atoms with Crippen molar-refractivity contribution >= 4 is 5.95 Å². The van der Waals surface area contributed by atoms with Gasteiger partial charge in [-0.25, -0.2) is 4.98 Å². The highest BCUT2D eigenvalue weighted by atomic mass is 19.4. The highest BCUT2D eigenvalue weighted by Gasteiger charge is 2.31. The average Bonchev–Trinajstić information content (AvgIpc) is 2.56. The van der Waals surface area contributed by atoms with Gasteiger partial charge in [-0.1, -0.05) is 0 Å². The second-order valence-electron chi connectivity index (χ2n) is 6.42. The number of nitrogens with zero attached hydrogens (tertiary/aromatic N) is 4. The van der Waals surface area contributed by atoms with Crippen molar-refractivity contribution in [2.24, 2.45) is 0 Å².